The summed E-state index contributed by atoms with van der Waals surface area (Å²) in [5.41, 5.74) is 0.934. The van der Waals surface area contributed by atoms with Gasteiger partial charge in [-0.2, -0.15) is 0 Å². The van der Waals surface area contributed by atoms with Gasteiger partial charge in [-0.3, -0.25) is 0 Å². The molecule has 1 aromatic heterocycles. The van der Waals surface area contributed by atoms with Crippen molar-refractivity contribution in [1.82, 2.24) is 20.2 Å². The lowest BCUT2D eigenvalue weighted by Crippen LogP contribution is -2.25. The van der Waals surface area contributed by atoms with Gasteiger partial charge in [0.15, 0.2) is 0 Å². The Morgan fingerprint density at radius 1 is 1.50 bits per heavy atom. The number of rotatable bonds is 2. The minimum absolute atomic E-state index is 0.258. The van der Waals surface area contributed by atoms with E-state index in [9.17, 15) is 0 Å². The summed E-state index contributed by atoms with van der Waals surface area (Å²) in [7, 11) is 1.82. The minimum atomic E-state index is 0.258. The molecule has 2 bridgehead atoms. The van der Waals surface area contributed by atoms with E-state index in [1.807, 2.05) is 7.05 Å². The zero-order valence-corrected chi connectivity index (χ0v) is 9.76. The molecule has 16 heavy (non-hydrogen) atoms. The molecule has 3 rings (SSSR count). The number of aryl methyl sites for hydroxylation is 1. The number of nitrogens with zero attached hydrogens (tertiary/aromatic N) is 5. The van der Waals surface area contributed by atoms with Gasteiger partial charge in [0.1, 0.15) is 0 Å². The molecule has 2 aliphatic rings. The SMILES string of the molecule is Cn1nnnc1S[C@@H]1/C(=N/O)[C@H]2CC[C@@H]1C2. The summed E-state index contributed by atoms with van der Waals surface area (Å²) in [6.45, 7) is 0. The Morgan fingerprint density at radius 3 is 3.06 bits per heavy atom. The topological polar surface area (TPSA) is 76.2 Å². The third kappa shape index (κ3) is 1.41. The maximum absolute atomic E-state index is 9.07. The Hall–Kier alpha value is -1.11. The van der Waals surface area contributed by atoms with Crippen molar-refractivity contribution in [2.75, 3.05) is 0 Å². The third-order valence-electron chi connectivity index (χ3n) is 3.54. The molecule has 2 saturated carbocycles. The molecule has 1 N–H and O–H groups in total. The Balaban J connectivity index is 1.83. The number of fused-ring (bicyclic) bond motifs is 2. The van der Waals surface area contributed by atoms with Crippen molar-refractivity contribution in [3.05, 3.63) is 0 Å². The van der Waals surface area contributed by atoms with Gasteiger partial charge >= 0.3 is 0 Å². The second-order valence-corrected chi connectivity index (χ2v) is 5.53. The number of tetrazole rings is 1. The lowest BCUT2D eigenvalue weighted by Gasteiger charge is -2.20. The third-order valence-corrected chi connectivity index (χ3v) is 4.98. The maximum Gasteiger partial charge on any atom is 0.209 e. The van der Waals surface area contributed by atoms with E-state index < -0.39 is 0 Å². The number of aromatic nitrogens is 4. The van der Waals surface area contributed by atoms with E-state index in [0.717, 1.165) is 23.7 Å². The van der Waals surface area contributed by atoms with Gasteiger partial charge in [0.05, 0.1) is 11.0 Å². The van der Waals surface area contributed by atoms with Crippen molar-refractivity contribution in [3.63, 3.8) is 0 Å². The van der Waals surface area contributed by atoms with Gasteiger partial charge in [-0.1, -0.05) is 16.9 Å². The van der Waals surface area contributed by atoms with E-state index >= 15 is 0 Å². The van der Waals surface area contributed by atoms with Gasteiger partial charge in [0, 0.05) is 13.0 Å². The zero-order chi connectivity index (χ0) is 11.1. The van der Waals surface area contributed by atoms with E-state index in [1.165, 1.54) is 6.42 Å². The van der Waals surface area contributed by atoms with Gasteiger partial charge < -0.3 is 5.21 Å². The van der Waals surface area contributed by atoms with Crippen LogP contribution < -0.4 is 0 Å². The van der Waals surface area contributed by atoms with Gasteiger partial charge in [-0.15, -0.1) is 5.10 Å². The second-order valence-electron chi connectivity index (χ2n) is 4.42. The first-order chi connectivity index (χ1) is 7.79. The molecule has 86 valence electrons. The minimum Gasteiger partial charge on any atom is -0.411 e. The fraction of sp³-hybridized carbons (Fsp3) is 0.778. The van der Waals surface area contributed by atoms with E-state index in [-0.39, 0.29) is 5.25 Å². The summed E-state index contributed by atoms with van der Waals surface area (Å²) in [5, 5.41) is 25.0. The lowest BCUT2D eigenvalue weighted by molar-refractivity contribution is 0.314. The predicted octanol–water partition coefficient (Wildman–Crippen LogP) is 0.931. The van der Waals surface area contributed by atoms with Crippen LogP contribution in [-0.2, 0) is 7.05 Å². The van der Waals surface area contributed by atoms with Crippen LogP contribution in [0.5, 0.6) is 0 Å². The van der Waals surface area contributed by atoms with Gasteiger partial charge in [-0.25, -0.2) is 4.68 Å². The van der Waals surface area contributed by atoms with Crippen LogP contribution in [-0.4, -0.2) is 36.4 Å². The van der Waals surface area contributed by atoms with Gasteiger partial charge in [0.25, 0.3) is 0 Å². The molecule has 1 aromatic rings. The summed E-state index contributed by atoms with van der Waals surface area (Å²) in [5.74, 6) is 1.10. The molecule has 0 aromatic carbocycles. The summed E-state index contributed by atoms with van der Waals surface area (Å²) in [6, 6.07) is 0. The normalized spacial score (nSPS) is 35.1. The van der Waals surface area contributed by atoms with Gasteiger partial charge in [0.2, 0.25) is 5.16 Å². The first-order valence-electron chi connectivity index (χ1n) is 5.40. The summed E-state index contributed by atoms with van der Waals surface area (Å²) in [4.78, 5) is 0. The molecule has 2 fully saturated rings. The number of thioether (sulfide) groups is 1. The van der Waals surface area contributed by atoms with Crippen molar-refractivity contribution in [2.45, 2.75) is 29.7 Å². The van der Waals surface area contributed by atoms with Crippen LogP contribution in [0.4, 0.5) is 0 Å². The van der Waals surface area contributed by atoms with Crippen LogP contribution >= 0.6 is 11.8 Å². The number of hydrogen-bond donors (Lipinski definition) is 1. The highest BCUT2D eigenvalue weighted by Gasteiger charge is 2.46. The molecular formula is C9H13N5OS. The molecule has 1 heterocycles. The monoisotopic (exact) mass is 239 g/mol. The van der Waals surface area contributed by atoms with Crippen molar-refractivity contribution in [3.8, 4) is 0 Å². The van der Waals surface area contributed by atoms with Crippen LogP contribution in [0.3, 0.4) is 0 Å². The van der Waals surface area contributed by atoms with Crippen molar-refractivity contribution >= 4 is 17.5 Å². The standard InChI is InChI=1S/C9H13N5OS/c1-14-9(10-12-13-14)16-8-6-3-2-5(4-6)7(8)11-15/h5-6,8,15H,2-4H2,1H3/b11-7+/t5-,6+,8-/m0/s1. The fourth-order valence-corrected chi connectivity index (χ4v) is 4.06. The molecule has 7 heteroatoms. The van der Waals surface area contributed by atoms with Crippen molar-refractivity contribution in [2.24, 2.45) is 24.0 Å². The second kappa shape index (κ2) is 3.73. The van der Waals surface area contributed by atoms with Gasteiger partial charge in [-0.05, 0) is 35.6 Å². The molecule has 0 unspecified atom stereocenters. The van der Waals surface area contributed by atoms with Crippen LogP contribution in [0, 0.1) is 11.8 Å². The Bertz CT molecular complexity index is 431. The van der Waals surface area contributed by atoms with Crippen molar-refractivity contribution in [1.29, 1.82) is 0 Å². The first kappa shape index (κ1) is 10.1. The fourth-order valence-electron chi connectivity index (χ4n) is 2.76. The average Bonchev–Trinajstić information content (AvgIpc) is 2.95. The molecule has 2 aliphatic carbocycles. The van der Waals surface area contributed by atoms with E-state index in [2.05, 4.69) is 20.7 Å². The maximum atomic E-state index is 9.07. The highest BCUT2D eigenvalue weighted by molar-refractivity contribution is 8.00. The van der Waals surface area contributed by atoms with E-state index in [1.54, 1.807) is 16.4 Å². The Labute approximate surface area is 97.1 Å². The first-order valence-corrected chi connectivity index (χ1v) is 6.28. The van der Waals surface area contributed by atoms with E-state index in [0.29, 0.717) is 11.8 Å². The highest BCUT2D eigenvalue weighted by atomic mass is 32.2. The molecule has 0 amide bonds. The molecule has 0 radical (unpaired) electrons. The largest absolute Gasteiger partial charge is 0.411 e. The highest BCUT2D eigenvalue weighted by Crippen LogP contribution is 2.48. The van der Waals surface area contributed by atoms with E-state index in [4.69, 9.17) is 5.21 Å². The molecular weight excluding hydrogens is 226 g/mol. The van der Waals surface area contributed by atoms with Crippen LogP contribution in [0.15, 0.2) is 10.3 Å². The van der Waals surface area contributed by atoms with Crippen molar-refractivity contribution < 1.29 is 5.21 Å². The molecule has 6 nitrogen and oxygen atoms in total. The quantitative estimate of drug-likeness (QED) is 0.613. The predicted molar refractivity (Wildman–Crippen MR) is 58.5 cm³/mol. The summed E-state index contributed by atoms with van der Waals surface area (Å²) in [6.07, 6.45) is 3.55. The van der Waals surface area contributed by atoms with Crippen LogP contribution in [0.1, 0.15) is 19.3 Å². The molecule has 0 saturated heterocycles. The molecule has 0 spiro atoms. The smallest absolute Gasteiger partial charge is 0.209 e. The number of oxime groups is 1. The zero-order valence-electron chi connectivity index (χ0n) is 8.94. The number of hydrogen-bond acceptors (Lipinski definition) is 6. The molecule has 0 aliphatic heterocycles. The summed E-state index contributed by atoms with van der Waals surface area (Å²) < 4.78 is 1.66. The average molecular weight is 239 g/mol. The lowest BCUT2D eigenvalue weighted by atomic mass is 9.98. The summed E-state index contributed by atoms with van der Waals surface area (Å²) >= 11 is 1.62. The van der Waals surface area contributed by atoms with Crippen LogP contribution in [0.25, 0.3) is 0 Å². The van der Waals surface area contributed by atoms with Crippen LogP contribution in [0.2, 0.25) is 0 Å². The Morgan fingerprint density at radius 2 is 2.38 bits per heavy atom. The molecule has 3 atom stereocenters. The Kier molecular flexibility index (Phi) is 2.34.